The fourth-order valence-corrected chi connectivity index (χ4v) is 10.6. The van der Waals surface area contributed by atoms with Crippen molar-refractivity contribution in [2.45, 2.75) is 0 Å². The summed E-state index contributed by atoms with van der Waals surface area (Å²) in [5.74, 6) is 1.86. The van der Waals surface area contributed by atoms with E-state index in [1.807, 2.05) is 41.7 Å². The first-order valence-electron chi connectivity index (χ1n) is 21.5. The van der Waals surface area contributed by atoms with Crippen LogP contribution in [-0.2, 0) is 0 Å². The Morgan fingerprint density at radius 1 is 0.344 bits per heavy atom. The summed E-state index contributed by atoms with van der Waals surface area (Å²) in [6.07, 6.45) is 0. The van der Waals surface area contributed by atoms with Gasteiger partial charge in [0.2, 0.25) is 0 Å². The molecule has 64 heavy (non-hydrogen) atoms. The molecule has 4 aromatic heterocycles. The smallest absolute Gasteiger partial charge is 0.164 e. The van der Waals surface area contributed by atoms with E-state index in [4.69, 9.17) is 19.9 Å². The Morgan fingerprint density at radius 2 is 0.891 bits per heavy atom. The first-order chi connectivity index (χ1) is 31.7. The molecule has 0 saturated carbocycles. The Labute approximate surface area is 372 Å². The highest BCUT2D eigenvalue weighted by atomic mass is 32.1. The van der Waals surface area contributed by atoms with E-state index in [2.05, 4.69) is 187 Å². The largest absolute Gasteiger partial charge is 0.309 e. The van der Waals surface area contributed by atoms with Crippen molar-refractivity contribution in [3.05, 3.63) is 212 Å². The van der Waals surface area contributed by atoms with Gasteiger partial charge in [-0.25, -0.2) is 19.9 Å². The summed E-state index contributed by atoms with van der Waals surface area (Å²) in [4.78, 5) is 20.7. The standard InChI is InChI=1S/C58H35N5S/c1-2-14-37(15-3-1)56-60-57(62-58(61-56)43-20-13-21-44(33-43)63-50-25-9-6-22-45(50)46-23-7-10-26-51(46)63)38-30-28-36(29-31-38)39-18-12-19-42(32-39)54-53-47-24-8-11-27-52(47)64-55(53)48-34-40-16-4-5-17-41(40)35-49(48)59-54/h1-35H. The van der Waals surface area contributed by atoms with Gasteiger partial charge in [-0.05, 0) is 70.4 Å². The van der Waals surface area contributed by atoms with Gasteiger partial charge in [0.15, 0.2) is 17.5 Å². The minimum atomic E-state index is 0.617. The van der Waals surface area contributed by atoms with Crippen LogP contribution < -0.4 is 0 Å². The lowest BCUT2D eigenvalue weighted by molar-refractivity contribution is 1.07. The molecule has 0 amide bonds. The summed E-state index contributed by atoms with van der Waals surface area (Å²) in [5.41, 5.74) is 11.4. The summed E-state index contributed by atoms with van der Waals surface area (Å²) in [7, 11) is 0. The SMILES string of the molecule is c1ccc(-c2nc(-c3ccc(-c4cccc(-c5nc6cc7ccccc7cc6c6sc7ccccc7c56)c4)cc3)nc(-c3cccc(-n4c5ccccc5c5ccccc54)c3)n2)cc1. The summed E-state index contributed by atoms with van der Waals surface area (Å²) in [5, 5.41) is 8.49. The van der Waals surface area contributed by atoms with Crippen LogP contribution in [0.5, 0.6) is 0 Å². The van der Waals surface area contributed by atoms with E-state index in [1.54, 1.807) is 0 Å². The number of benzene rings is 9. The first-order valence-corrected chi connectivity index (χ1v) is 22.3. The minimum Gasteiger partial charge on any atom is -0.309 e. The van der Waals surface area contributed by atoms with Crippen LogP contribution >= 0.6 is 11.3 Å². The van der Waals surface area contributed by atoms with Crippen LogP contribution in [0.15, 0.2) is 212 Å². The van der Waals surface area contributed by atoms with E-state index in [0.717, 1.165) is 61.3 Å². The van der Waals surface area contributed by atoms with Crippen molar-refractivity contribution in [2.24, 2.45) is 0 Å². The molecule has 0 unspecified atom stereocenters. The van der Waals surface area contributed by atoms with Crippen molar-refractivity contribution < 1.29 is 0 Å². The topological polar surface area (TPSA) is 56.5 Å². The predicted octanol–water partition coefficient (Wildman–Crippen LogP) is 15.4. The Bertz CT molecular complexity index is 3910. The van der Waals surface area contributed by atoms with Crippen LogP contribution in [0.25, 0.3) is 126 Å². The molecule has 13 aromatic rings. The quantitative estimate of drug-likeness (QED) is 0.157. The molecule has 0 bridgehead atoms. The number of thiophene rings is 1. The molecule has 4 heterocycles. The van der Waals surface area contributed by atoms with Gasteiger partial charge in [0.25, 0.3) is 0 Å². The molecule has 0 spiro atoms. The second-order valence-electron chi connectivity index (χ2n) is 16.2. The maximum absolute atomic E-state index is 5.43. The molecule has 0 radical (unpaired) electrons. The molecular formula is C58H35N5S. The van der Waals surface area contributed by atoms with Crippen LogP contribution in [0.4, 0.5) is 0 Å². The lowest BCUT2D eigenvalue weighted by Gasteiger charge is -2.12. The van der Waals surface area contributed by atoms with Gasteiger partial charge in [-0.15, -0.1) is 11.3 Å². The van der Waals surface area contributed by atoms with E-state index < -0.39 is 0 Å². The Kier molecular flexibility index (Phi) is 8.32. The number of nitrogens with zero attached hydrogens (tertiary/aromatic N) is 5. The highest BCUT2D eigenvalue weighted by Crippen LogP contribution is 2.44. The van der Waals surface area contributed by atoms with Gasteiger partial charge in [0.1, 0.15) is 0 Å². The van der Waals surface area contributed by atoms with Crippen molar-refractivity contribution in [2.75, 3.05) is 0 Å². The van der Waals surface area contributed by atoms with Crippen molar-refractivity contribution in [3.63, 3.8) is 0 Å². The summed E-state index contributed by atoms with van der Waals surface area (Å²) >= 11 is 1.85. The summed E-state index contributed by atoms with van der Waals surface area (Å²) < 4.78 is 4.86. The molecule has 0 fully saturated rings. The maximum Gasteiger partial charge on any atom is 0.164 e. The molecule has 9 aromatic carbocycles. The number of aromatic nitrogens is 5. The predicted molar refractivity (Wildman–Crippen MR) is 267 cm³/mol. The summed E-state index contributed by atoms with van der Waals surface area (Å²) in [6.45, 7) is 0. The monoisotopic (exact) mass is 833 g/mol. The normalized spacial score (nSPS) is 11.8. The molecule has 5 nitrogen and oxygen atoms in total. The van der Waals surface area contributed by atoms with E-state index in [1.165, 1.54) is 47.1 Å². The minimum absolute atomic E-state index is 0.617. The van der Waals surface area contributed by atoms with Crippen LogP contribution in [0.1, 0.15) is 0 Å². The van der Waals surface area contributed by atoms with Crippen LogP contribution in [0.3, 0.4) is 0 Å². The zero-order valence-electron chi connectivity index (χ0n) is 34.4. The summed E-state index contributed by atoms with van der Waals surface area (Å²) in [6, 6.07) is 74.9. The molecule has 0 saturated heterocycles. The van der Waals surface area contributed by atoms with Gasteiger partial charge in [-0.1, -0.05) is 164 Å². The van der Waals surface area contributed by atoms with Crippen molar-refractivity contribution in [1.29, 1.82) is 0 Å². The van der Waals surface area contributed by atoms with E-state index in [-0.39, 0.29) is 0 Å². The van der Waals surface area contributed by atoms with Gasteiger partial charge in [-0.3, -0.25) is 0 Å². The highest BCUT2D eigenvalue weighted by Gasteiger charge is 2.19. The molecule has 298 valence electrons. The molecule has 0 aliphatic rings. The van der Waals surface area contributed by atoms with Gasteiger partial charge >= 0.3 is 0 Å². The van der Waals surface area contributed by atoms with E-state index in [9.17, 15) is 0 Å². The fourth-order valence-electron chi connectivity index (χ4n) is 9.35. The third-order valence-corrected chi connectivity index (χ3v) is 13.6. The van der Waals surface area contributed by atoms with Gasteiger partial charge in [-0.2, -0.15) is 0 Å². The molecule has 0 N–H and O–H groups in total. The highest BCUT2D eigenvalue weighted by molar-refractivity contribution is 7.26. The number of para-hydroxylation sites is 2. The van der Waals surface area contributed by atoms with E-state index >= 15 is 0 Å². The molecule has 13 rings (SSSR count). The maximum atomic E-state index is 5.43. The number of rotatable bonds is 6. The number of fused-ring (bicyclic) bond motifs is 9. The van der Waals surface area contributed by atoms with Crippen molar-refractivity contribution in [1.82, 2.24) is 24.5 Å². The third-order valence-electron chi connectivity index (χ3n) is 12.4. The lowest BCUT2D eigenvalue weighted by atomic mass is 9.97. The van der Waals surface area contributed by atoms with Crippen molar-refractivity contribution >= 4 is 75.0 Å². The van der Waals surface area contributed by atoms with Crippen molar-refractivity contribution in [3.8, 4) is 62.2 Å². The van der Waals surface area contributed by atoms with Gasteiger partial charge in [0.05, 0.1) is 22.2 Å². The lowest BCUT2D eigenvalue weighted by Crippen LogP contribution is -2.01. The molecule has 0 atom stereocenters. The third kappa shape index (κ3) is 5.99. The molecule has 6 heteroatoms. The second-order valence-corrected chi connectivity index (χ2v) is 17.3. The number of pyridine rings is 1. The molecule has 0 aliphatic heterocycles. The van der Waals surface area contributed by atoms with E-state index in [0.29, 0.717) is 17.5 Å². The first kappa shape index (κ1) is 36.3. The van der Waals surface area contributed by atoms with Gasteiger partial charge < -0.3 is 4.57 Å². The molecular weight excluding hydrogens is 799 g/mol. The van der Waals surface area contributed by atoms with Gasteiger partial charge in [0, 0.05) is 64.3 Å². The van der Waals surface area contributed by atoms with Crippen LogP contribution in [0.2, 0.25) is 0 Å². The Balaban J connectivity index is 0.904. The van der Waals surface area contributed by atoms with Crippen LogP contribution in [0, 0.1) is 0 Å². The van der Waals surface area contributed by atoms with Crippen LogP contribution in [-0.4, -0.2) is 24.5 Å². The zero-order valence-corrected chi connectivity index (χ0v) is 35.2. The average molecular weight is 834 g/mol. The molecule has 0 aliphatic carbocycles. The Hall–Kier alpha value is -8.32. The average Bonchev–Trinajstić information content (AvgIpc) is 3.93. The number of hydrogen-bond acceptors (Lipinski definition) is 5. The zero-order chi connectivity index (χ0) is 42.1. The Morgan fingerprint density at radius 3 is 1.64 bits per heavy atom. The number of hydrogen-bond donors (Lipinski definition) is 0. The fraction of sp³-hybridized carbons (Fsp3) is 0. The second kappa shape index (κ2) is 14.7.